The first-order valence-corrected chi connectivity index (χ1v) is 7.71. The Hall–Kier alpha value is -2.24. The summed E-state index contributed by atoms with van der Waals surface area (Å²) in [7, 11) is 0. The van der Waals surface area contributed by atoms with Gasteiger partial charge in [-0.15, -0.1) is 0 Å². The summed E-state index contributed by atoms with van der Waals surface area (Å²) in [5, 5.41) is 4.38. The van der Waals surface area contributed by atoms with Crippen molar-refractivity contribution in [2.45, 2.75) is 45.7 Å². The van der Waals surface area contributed by atoms with E-state index in [4.69, 9.17) is 0 Å². The molecule has 22 heavy (non-hydrogen) atoms. The molecule has 1 aliphatic heterocycles. The minimum absolute atomic E-state index is 0.0108. The third-order valence-electron chi connectivity index (χ3n) is 4.10. The minimum Gasteiger partial charge on any atom is -0.334 e. The lowest BCUT2D eigenvalue weighted by molar-refractivity contribution is -0.129. The van der Waals surface area contributed by atoms with Crippen LogP contribution in [-0.4, -0.2) is 37.1 Å². The molecular weight excluding hydrogens is 278 g/mol. The van der Waals surface area contributed by atoms with Gasteiger partial charge in [0, 0.05) is 38.1 Å². The van der Waals surface area contributed by atoms with Gasteiger partial charge in [0.15, 0.2) is 0 Å². The van der Waals surface area contributed by atoms with Crippen LogP contribution >= 0.6 is 0 Å². The van der Waals surface area contributed by atoms with Crippen LogP contribution in [0.1, 0.15) is 51.4 Å². The van der Waals surface area contributed by atoms with Gasteiger partial charge in [-0.05, 0) is 32.8 Å². The van der Waals surface area contributed by atoms with Gasteiger partial charge in [0.2, 0.25) is 5.91 Å². The van der Waals surface area contributed by atoms with Gasteiger partial charge < -0.3 is 4.90 Å². The maximum atomic E-state index is 11.9. The van der Waals surface area contributed by atoms with Crippen LogP contribution in [0.4, 0.5) is 0 Å². The van der Waals surface area contributed by atoms with Gasteiger partial charge >= 0.3 is 0 Å². The highest BCUT2D eigenvalue weighted by Crippen LogP contribution is 2.35. The van der Waals surface area contributed by atoms with Crippen LogP contribution in [0.5, 0.6) is 0 Å². The zero-order valence-electron chi connectivity index (χ0n) is 13.2. The number of rotatable bonds is 3. The second-order valence-corrected chi connectivity index (χ2v) is 5.92. The van der Waals surface area contributed by atoms with Crippen LogP contribution in [0, 0.1) is 0 Å². The summed E-state index contributed by atoms with van der Waals surface area (Å²) in [6.07, 6.45) is 7.12. The van der Waals surface area contributed by atoms with E-state index in [1.165, 1.54) is 0 Å². The fourth-order valence-electron chi connectivity index (χ4n) is 3.13. The number of carbonyl (C=O) groups excluding carboxylic acids is 1. The van der Waals surface area contributed by atoms with Crippen LogP contribution in [0.2, 0.25) is 0 Å². The summed E-state index contributed by atoms with van der Waals surface area (Å²) in [4.78, 5) is 22.8. The van der Waals surface area contributed by atoms with Gasteiger partial charge in [-0.2, -0.15) is 5.10 Å². The third kappa shape index (κ3) is 2.49. The van der Waals surface area contributed by atoms with Crippen LogP contribution in [0.25, 0.3) is 11.4 Å². The number of likely N-dealkylation sites (tertiary alicyclic amines) is 1. The van der Waals surface area contributed by atoms with Crippen molar-refractivity contribution in [1.29, 1.82) is 0 Å². The molecule has 1 fully saturated rings. The van der Waals surface area contributed by atoms with E-state index in [-0.39, 0.29) is 18.0 Å². The fourth-order valence-corrected chi connectivity index (χ4v) is 3.13. The molecule has 0 bridgehead atoms. The smallest absolute Gasteiger partial charge is 0.220 e. The van der Waals surface area contributed by atoms with Gasteiger partial charge in [-0.3, -0.25) is 19.4 Å². The van der Waals surface area contributed by atoms with Crippen molar-refractivity contribution in [2.75, 3.05) is 6.54 Å². The molecule has 6 heteroatoms. The largest absolute Gasteiger partial charge is 0.334 e. The first kappa shape index (κ1) is 14.7. The minimum atomic E-state index is 0.0108. The van der Waals surface area contributed by atoms with E-state index < -0.39 is 0 Å². The van der Waals surface area contributed by atoms with Crippen molar-refractivity contribution < 1.29 is 4.79 Å². The highest BCUT2D eigenvalue weighted by atomic mass is 16.2. The van der Waals surface area contributed by atoms with E-state index >= 15 is 0 Å². The Balaban J connectivity index is 2.07. The number of aromatic nitrogens is 4. The third-order valence-corrected chi connectivity index (χ3v) is 4.10. The van der Waals surface area contributed by atoms with Crippen LogP contribution in [0.3, 0.4) is 0 Å². The Morgan fingerprint density at radius 2 is 2.05 bits per heavy atom. The molecule has 0 radical (unpaired) electrons. The molecule has 0 N–H and O–H groups in total. The maximum Gasteiger partial charge on any atom is 0.220 e. The first-order chi connectivity index (χ1) is 10.6. The number of hydrogen-bond acceptors (Lipinski definition) is 4. The Morgan fingerprint density at radius 3 is 2.77 bits per heavy atom. The number of amides is 1. The van der Waals surface area contributed by atoms with E-state index in [1.807, 2.05) is 15.6 Å². The van der Waals surface area contributed by atoms with Gasteiger partial charge in [-0.25, -0.2) is 0 Å². The lowest BCUT2D eigenvalue weighted by Gasteiger charge is -2.24. The zero-order chi connectivity index (χ0) is 15.7. The molecule has 0 spiro atoms. The second-order valence-electron chi connectivity index (χ2n) is 5.92. The number of carbonyl (C=O) groups is 1. The average molecular weight is 299 g/mol. The topological polar surface area (TPSA) is 63.9 Å². The Morgan fingerprint density at radius 1 is 1.27 bits per heavy atom. The molecule has 0 aliphatic carbocycles. The van der Waals surface area contributed by atoms with E-state index in [2.05, 4.69) is 28.9 Å². The fraction of sp³-hybridized carbons (Fsp3) is 0.500. The molecular formula is C16H21N5O. The van der Waals surface area contributed by atoms with Crippen LogP contribution < -0.4 is 0 Å². The standard InChI is InChI=1S/C16H21N5O/c1-11(2)21-14(6-7-19-21)16-15(17-8-9-18-16)13-5-4-10-20(13)12(3)22/h6-9,11,13H,4-5,10H2,1-3H3/t13-/m0/s1. The normalized spacial score (nSPS) is 18.2. The van der Waals surface area contributed by atoms with Gasteiger partial charge in [0.05, 0.1) is 17.4 Å². The van der Waals surface area contributed by atoms with Crippen molar-refractivity contribution in [1.82, 2.24) is 24.6 Å². The average Bonchev–Trinajstić information content (AvgIpc) is 3.16. The monoisotopic (exact) mass is 299 g/mol. The molecule has 2 aromatic rings. The Bertz CT molecular complexity index is 679. The highest BCUT2D eigenvalue weighted by Gasteiger charge is 2.32. The molecule has 0 unspecified atom stereocenters. The molecule has 0 aromatic carbocycles. The molecule has 0 saturated carbocycles. The molecule has 116 valence electrons. The quantitative estimate of drug-likeness (QED) is 0.874. The van der Waals surface area contributed by atoms with Gasteiger partial charge in [0.1, 0.15) is 5.69 Å². The molecule has 3 rings (SSSR count). The summed E-state index contributed by atoms with van der Waals surface area (Å²) in [5.74, 6) is 0.0940. The van der Waals surface area contributed by atoms with Crippen molar-refractivity contribution in [3.05, 3.63) is 30.4 Å². The summed E-state index contributed by atoms with van der Waals surface area (Å²) in [5.41, 5.74) is 2.65. The number of hydrogen-bond donors (Lipinski definition) is 0. The van der Waals surface area contributed by atoms with Crippen molar-refractivity contribution in [3.63, 3.8) is 0 Å². The molecule has 1 amide bonds. The van der Waals surface area contributed by atoms with Crippen molar-refractivity contribution >= 4 is 5.91 Å². The van der Waals surface area contributed by atoms with Gasteiger partial charge in [-0.1, -0.05) is 0 Å². The molecule has 2 aromatic heterocycles. The zero-order valence-corrected chi connectivity index (χ0v) is 13.2. The lowest BCUT2D eigenvalue weighted by atomic mass is 10.1. The van der Waals surface area contributed by atoms with E-state index in [1.54, 1.807) is 25.5 Å². The molecule has 1 atom stereocenters. The van der Waals surface area contributed by atoms with E-state index in [0.717, 1.165) is 36.5 Å². The molecule has 3 heterocycles. The molecule has 6 nitrogen and oxygen atoms in total. The number of nitrogens with zero attached hydrogens (tertiary/aromatic N) is 5. The molecule has 1 saturated heterocycles. The second kappa shape index (κ2) is 5.87. The van der Waals surface area contributed by atoms with E-state index in [0.29, 0.717) is 0 Å². The summed E-state index contributed by atoms with van der Waals surface area (Å²) >= 11 is 0. The van der Waals surface area contributed by atoms with E-state index in [9.17, 15) is 4.79 Å². The summed E-state index contributed by atoms with van der Waals surface area (Å²) in [6, 6.07) is 2.21. The lowest BCUT2D eigenvalue weighted by Crippen LogP contribution is -2.29. The SMILES string of the molecule is CC(=O)N1CCC[C@H]1c1nccnc1-c1ccnn1C(C)C. The predicted molar refractivity (Wildman–Crippen MR) is 83.0 cm³/mol. The highest BCUT2D eigenvalue weighted by molar-refractivity contribution is 5.74. The first-order valence-electron chi connectivity index (χ1n) is 7.71. The predicted octanol–water partition coefficient (Wildman–Crippen LogP) is 2.60. The maximum absolute atomic E-state index is 11.9. The molecule has 1 aliphatic rings. The van der Waals surface area contributed by atoms with Crippen LogP contribution in [-0.2, 0) is 4.79 Å². The van der Waals surface area contributed by atoms with Crippen molar-refractivity contribution in [2.24, 2.45) is 0 Å². The summed E-state index contributed by atoms with van der Waals surface area (Å²) < 4.78 is 1.95. The Kier molecular flexibility index (Phi) is 3.92. The van der Waals surface area contributed by atoms with Crippen LogP contribution in [0.15, 0.2) is 24.7 Å². The Labute approximate surface area is 130 Å². The van der Waals surface area contributed by atoms with Gasteiger partial charge in [0.25, 0.3) is 0 Å². The van der Waals surface area contributed by atoms with Crippen molar-refractivity contribution in [3.8, 4) is 11.4 Å². The summed E-state index contributed by atoms with van der Waals surface area (Å²) in [6.45, 7) is 6.58.